The highest BCUT2D eigenvalue weighted by Gasteiger charge is 2.45. The van der Waals surface area contributed by atoms with E-state index in [9.17, 15) is 0 Å². The molecular formula is C13H21N3S. The van der Waals surface area contributed by atoms with E-state index in [0.29, 0.717) is 11.6 Å². The molecule has 2 fully saturated rings. The van der Waals surface area contributed by atoms with Crippen molar-refractivity contribution >= 4 is 11.3 Å². The van der Waals surface area contributed by atoms with E-state index in [4.69, 9.17) is 0 Å². The summed E-state index contributed by atoms with van der Waals surface area (Å²) >= 11 is 1.77. The smallest absolute Gasteiger partial charge is 0.107 e. The lowest BCUT2D eigenvalue weighted by molar-refractivity contribution is 0.0770. The van der Waals surface area contributed by atoms with Crippen LogP contribution in [0.2, 0.25) is 0 Å². The number of thiazole rings is 1. The summed E-state index contributed by atoms with van der Waals surface area (Å²) in [5.74, 6) is 0.897. The van der Waals surface area contributed by atoms with Crippen molar-refractivity contribution in [1.82, 2.24) is 15.2 Å². The Hall–Kier alpha value is -0.450. The number of nitrogens with zero attached hydrogens (tertiary/aromatic N) is 2. The van der Waals surface area contributed by atoms with Crippen LogP contribution in [-0.2, 0) is 6.54 Å². The number of hydrogen-bond acceptors (Lipinski definition) is 4. The molecule has 3 rings (SSSR count). The molecule has 1 aliphatic carbocycles. The minimum Gasteiger partial charge on any atom is -0.308 e. The van der Waals surface area contributed by atoms with Crippen LogP contribution < -0.4 is 5.32 Å². The maximum atomic E-state index is 4.41. The number of aromatic nitrogens is 1. The lowest BCUT2D eigenvalue weighted by Crippen LogP contribution is -2.62. The van der Waals surface area contributed by atoms with Crippen LogP contribution in [0.15, 0.2) is 11.6 Å². The van der Waals surface area contributed by atoms with Crippen LogP contribution in [0.5, 0.6) is 0 Å². The quantitative estimate of drug-likeness (QED) is 0.892. The van der Waals surface area contributed by atoms with E-state index in [1.165, 1.54) is 24.4 Å². The van der Waals surface area contributed by atoms with E-state index in [-0.39, 0.29) is 0 Å². The van der Waals surface area contributed by atoms with Gasteiger partial charge in [-0.25, -0.2) is 4.98 Å². The zero-order valence-corrected chi connectivity index (χ0v) is 11.5. The summed E-state index contributed by atoms with van der Waals surface area (Å²) in [7, 11) is 0. The second kappa shape index (κ2) is 4.34. The molecule has 1 aromatic rings. The molecule has 1 N–H and O–H groups in total. The third kappa shape index (κ3) is 2.39. The Morgan fingerprint density at radius 2 is 2.41 bits per heavy atom. The first-order valence-corrected chi connectivity index (χ1v) is 7.43. The average molecular weight is 251 g/mol. The highest BCUT2D eigenvalue weighted by molar-refractivity contribution is 7.09. The van der Waals surface area contributed by atoms with Gasteiger partial charge in [-0.1, -0.05) is 0 Å². The van der Waals surface area contributed by atoms with Gasteiger partial charge in [0, 0.05) is 36.2 Å². The predicted molar refractivity (Wildman–Crippen MR) is 71.1 cm³/mol. The van der Waals surface area contributed by atoms with Crippen LogP contribution in [0.4, 0.5) is 0 Å². The molecule has 0 amide bonds. The van der Waals surface area contributed by atoms with Gasteiger partial charge in [0.1, 0.15) is 5.01 Å². The third-order valence-electron chi connectivity index (χ3n) is 4.26. The predicted octanol–water partition coefficient (Wildman–Crippen LogP) is 2.11. The van der Waals surface area contributed by atoms with Gasteiger partial charge in [0.25, 0.3) is 0 Å². The molecule has 2 unspecified atom stereocenters. The molecule has 2 heterocycles. The number of hydrogen-bond donors (Lipinski definition) is 1. The SMILES string of the molecule is CC1CNC(C)(C2CC2)CN1Cc1nccs1. The van der Waals surface area contributed by atoms with E-state index in [0.717, 1.165) is 19.0 Å². The lowest BCUT2D eigenvalue weighted by Gasteiger charge is -2.45. The fourth-order valence-corrected chi connectivity index (χ4v) is 3.49. The van der Waals surface area contributed by atoms with Crippen LogP contribution in [0.3, 0.4) is 0 Å². The van der Waals surface area contributed by atoms with Gasteiger partial charge in [0.05, 0.1) is 6.54 Å². The first-order chi connectivity index (χ1) is 8.17. The van der Waals surface area contributed by atoms with E-state index in [1.54, 1.807) is 11.3 Å². The molecule has 94 valence electrons. The van der Waals surface area contributed by atoms with E-state index >= 15 is 0 Å². The summed E-state index contributed by atoms with van der Waals surface area (Å²) in [6.07, 6.45) is 4.72. The Bertz CT molecular complexity index is 374. The number of rotatable bonds is 3. The standard InChI is InChI=1S/C13H21N3S/c1-10-7-15-13(2,11-3-4-11)9-16(10)8-12-14-5-6-17-12/h5-6,10-11,15H,3-4,7-9H2,1-2H3. The van der Waals surface area contributed by atoms with Crippen molar-refractivity contribution in [3.05, 3.63) is 16.6 Å². The fourth-order valence-electron chi connectivity index (χ4n) is 2.85. The fraction of sp³-hybridized carbons (Fsp3) is 0.769. The largest absolute Gasteiger partial charge is 0.308 e. The normalized spacial score (nSPS) is 35.1. The average Bonchev–Trinajstić information content (AvgIpc) is 3.05. The Labute approximate surface area is 107 Å². The summed E-state index contributed by atoms with van der Waals surface area (Å²) < 4.78 is 0. The van der Waals surface area contributed by atoms with E-state index in [1.807, 2.05) is 6.20 Å². The van der Waals surface area contributed by atoms with Crippen molar-refractivity contribution < 1.29 is 0 Å². The molecule has 17 heavy (non-hydrogen) atoms. The maximum absolute atomic E-state index is 4.41. The first kappa shape index (κ1) is 11.6. The molecule has 1 aliphatic heterocycles. The summed E-state index contributed by atoms with van der Waals surface area (Å²) in [5, 5.41) is 7.08. The molecule has 1 saturated carbocycles. The first-order valence-electron chi connectivity index (χ1n) is 6.55. The molecule has 2 aliphatic rings. The Balaban J connectivity index is 1.69. The van der Waals surface area contributed by atoms with Crippen molar-refractivity contribution in [2.75, 3.05) is 13.1 Å². The van der Waals surface area contributed by atoms with Gasteiger partial charge < -0.3 is 5.32 Å². The number of piperazine rings is 1. The minimum absolute atomic E-state index is 0.337. The zero-order valence-electron chi connectivity index (χ0n) is 10.6. The van der Waals surface area contributed by atoms with Gasteiger partial charge in [-0.2, -0.15) is 0 Å². The molecule has 0 aromatic carbocycles. The van der Waals surface area contributed by atoms with Crippen LogP contribution >= 0.6 is 11.3 Å². The van der Waals surface area contributed by atoms with E-state index in [2.05, 4.69) is 34.4 Å². The second-order valence-corrected chi connectivity index (χ2v) is 6.73. The van der Waals surface area contributed by atoms with Gasteiger partial charge in [-0.05, 0) is 32.6 Å². The van der Waals surface area contributed by atoms with Gasteiger partial charge in [0.2, 0.25) is 0 Å². The van der Waals surface area contributed by atoms with Crippen molar-refractivity contribution in [1.29, 1.82) is 0 Å². The molecule has 2 atom stereocenters. The molecule has 0 spiro atoms. The Morgan fingerprint density at radius 1 is 1.59 bits per heavy atom. The van der Waals surface area contributed by atoms with Crippen LogP contribution in [-0.4, -0.2) is 34.6 Å². The van der Waals surface area contributed by atoms with Gasteiger partial charge >= 0.3 is 0 Å². The van der Waals surface area contributed by atoms with E-state index < -0.39 is 0 Å². The Kier molecular flexibility index (Phi) is 2.97. The summed E-state index contributed by atoms with van der Waals surface area (Å²) in [6.45, 7) is 8.00. The van der Waals surface area contributed by atoms with Gasteiger partial charge in [-0.3, -0.25) is 4.90 Å². The molecule has 1 saturated heterocycles. The van der Waals surface area contributed by atoms with Crippen LogP contribution in [0.25, 0.3) is 0 Å². The third-order valence-corrected chi connectivity index (χ3v) is 5.02. The van der Waals surface area contributed by atoms with Crippen LogP contribution in [0, 0.1) is 5.92 Å². The van der Waals surface area contributed by atoms with Crippen LogP contribution in [0.1, 0.15) is 31.7 Å². The minimum atomic E-state index is 0.337. The van der Waals surface area contributed by atoms with Crippen molar-refractivity contribution in [3.8, 4) is 0 Å². The molecule has 3 nitrogen and oxygen atoms in total. The highest BCUT2D eigenvalue weighted by atomic mass is 32.1. The number of nitrogens with one attached hydrogen (secondary N) is 1. The van der Waals surface area contributed by atoms with Crippen molar-refractivity contribution in [3.63, 3.8) is 0 Å². The summed E-state index contributed by atoms with van der Waals surface area (Å²) in [6, 6.07) is 0.616. The second-order valence-electron chi connectivity index (χ2n) is 5.75. The van der Waals surface area contributed by atoms with Gasteiger partial charge in [0.15, 0.2) is 0 Å². The molecule has 1 aromatic heterocycles. The topological polar surface area (TPSA) is 28.2 Å². The molecule has 4 heteroatoms. The van der Waals surface area contributed by atoms with Crippen molar-refractivity contribution in [2.45, 2.75) is 44.8 Å². The molecule has 0 bridgehead atoms. The van der Waals surface area contributed by atoms with Crippen molar-refractivity contribution in [2.24, 2.45) is 5.92 Å². The summed E-state index contributed by atoms with van der Waals surface area (Å²) in [4.78, 5) is 7.00. The lowest BCUT2D eigenvalue weighted by atomic mass is 9.91. The Morgan fingerprint density at radius 3 is 3.06 bits per heavy atom. The molecular weight excluding hydrogens is 230 g/mol. The van der Waals surface area contributed by atoms with Gasteiger partial charge in [-0.15, -0.1) is 11.3 Å². The highest BCUT2D eigenvalue weighted by Crippen LogP contribution is 2.41. The maximum Gasteiger partial charge on any atom is 0.107 e. The monoisotopic (exact) mass is 251 g/mol. The zero-order chi connectivity index (χ0) is 11.9. The molecule has 0 radical (unpaired) electrons. The summed E-state index contributed by atoms with van der Waals surface area (Å²) in [5.41, 5.74) is 0.337.